The Hall–Kier alpha value is -1.60. The first-order valence-corrected chi connectivity index (χ1v) is 6.70. The van der Waals surface area contributed by atoms with E-state index >= 15 is 0 Å². The predicted molar refractivity (Wildman–Crippen MR) is 71.4 cm³/mol. The number of hydrogen-bond donors (Lipinski definition) is 2. The van der Waals surface area contributed by atoms with Crippen LogP contribution in [0.15, 0.2) is 23.4 Å². The molecule has 0 spiro atoms. The third kappa shape index (κ3) is 6.21. The number of carboxylic acids is 1. The van der Waals surface area contributed by atoms with Gasteiger partial charge in [-0.2, -0.15) is 0 Å². The lowest BCUT2D eigenvalue weighted by Gasteiger charge is -2.04. The fourth-order valence-electron chi connectivity index (χ4n) is 1.26. The summed E-state index contributed by atoms with van der Waals surface area (Å²) in [5, 5.41) is 12.1. The van der Waals surface area contributed by atoms with Crippen molar-refractivity contribution in [2.24, 2.45) is 0 Å². The van der Waals surface area contributed by atoms with Crippen molar-refractivity contribution in [2.45, 2.75) is 11.4 Å². The van der Waals surface area contributed by atoms with Gasteiger partial charge in [-0.3, -0.25) is 4.79 Å². The average Bonchev–Trinajstić information content (AvgIpc) is 2.41. The number of nitrogens with zero attached hydrogens (tertiary/aromatic N) is 1. The van der Waals surface area contributed by atoms with Crippen LogP contribution >= 0.6 is 11.8 Å². The van der Waals surface area contributed by atoms with E-state index in [2.05, 4.69) is 10.3 Å². The summed E-state index contributed by atoms with van der Waals surface area (Å²) in [6, 6.07) is 2.86. The van der Waals surface area contributed by atoms with E-state index in [0.29, 0.717) is 18.2 Å². The first-order chi connectivity index (χ1) is 9.13. The van der Waals surface area contributed by atoms with Crippen LogP contribution in [0.5, 0.6) is 0 Å². The quantitative estimate of drug-likeness (QED) is 0.547. The highest BCUT2D eigenvalue weighted by atomic mass is 32.2. The van der Waals surface area contributed by atoms with Gasteiger partial charge in [-0.1, -0.05) is 11.8 Å². The molecule has 0 aliphatic carbocycles. The second-order valence-corrected chi connectivity index (χ2v) is 4.67. The van der Waals surface area contributed by atoms with E-state index < -0.39 is 5.97 Å². The molecule has 0 radical (unpaired) electrons. The molecule has 0 aliphatic heterocycles. The van der Waals surface area contributed by atoms with Gasteiger partial charge in [0, 0.05) is 26.5 Å². The van der Waals surface area contributed by atoms with Crippen LogP contribution < -0.4 is 5.32 Å². The molecule has 1 heterocycles. The van der Waals surface area contributed by atoms with Gasteiger partial charge >= 0.3 is 5.97 Å². The highest BCUT2D eigenvalue weighted by Gasteiger charge is 2.07. The number of hydrogen-bond acceptors (Lipinski definition) is 5. The molecule has 0 aromatic carbocycles. The number of methoxy groups -OCH3 is 1. The number of carboxylic acid groups (broad SMARTS) is 1. The third-order valence-electron chi connectivity index (χ3n) is 2.18. The van der Waals surface area contributed by atoms with Gasteiger partial charge in [-0.05, 0) is 18.6 Å². The molecule has 1 aromatic rings. The van der Waals surface area contributed by atoms with Crippen LogP contribution in [0, 0.1) is 0 Å². The molecule has 0 atom stereocenters. The topological polar surface area (TPSA) is 88.5 Å². The lowest BCUT2D eigenvalue weighted by atomic mass is 10.3. The van der Waals surface area contributed by atoms with Crippen molar-refractivity contribution in [2.75, 3.05) is 26.0 Å². The molecule has 104 valence electrons. The Kier molecular flexibility index (Phi) is 6.91. The number of rotatable bonds is 8. The van der Waals surface area contributed by atoms with Crippen LogP contribution in [-0.4, -0.2) is 48.0 Å². The maximum Gasteiger partial charge on any atom is 0.335 e. The van der Waals surface area contributed by atoms with E-state index in [1.807, 2.05) is 0 Å². The van der Waals surface area contributed by atoms with E-state index in [4.69, 9.17) is 9.84 Å². The molecule has 0 saturated heterocycles. The van der Waals surface area contributed by atoms with Gasteiger partial charge in [0.25, 0.3) is 0 Å². The molecule has 1 aromatic heterocycles. The molecule has 0 bridgehead atoms. The summed E-state index contributed by atoms with van der Waals surface area (Å²) < 4.78 is 4.87. The first kappa shape index (κ1) is 15.5. The van der Waals surface area contributed by atoms with E-state index in [1.165, 1.54) is 30.1 Å². The number of aromatic carboxylic acids is 1. The SMILES string of the molecule is COCCCNC(=O)CSc1cc(C(=O)O)ccn1. The second kappa shape index (κ2) is 8.49. The molecule has 0 aliphatic rings. The average molecular weight is 284 g/mol. The number of pyridine rings is 1. The number of ether oxygens (including phenoxy) is 1. The maximum atomic E-state index is 11.5. The normalized spacial score (nSPS) is 10.2. The summed E-state index contributed by atoms with van der Waals surface area (Å²) in [5.74, 6) is -0.903. The van der Waals surface area contributed by atoms with Crippen LogP contribution in [-0.2, 0) is 9.53 Å². The zero-order valence-electron chi connectivity index (χ0n) is 10.6. The summed E-state index contributed by atoms with van der Waals surface area (Å²) >= 11 is 1.21. The van der Waals surface area contributed by atoms with Gasteiger partial charge in [0.05, 0.1) is 16.3 Å². The zero-order valence-corrected chi connectivity index (χ0v) is 11.4. The minimum atomic E-state index is -1.01. The van der Waals surface area contributed by atoms with Gasteiger partial charge in [0.2, 0.25) is 5.91 Å². The van der Waals surface area contributed by atoms with Crippen molar-refractivity contribution in [3.05, 3.63) is 23.9 Å². The van der Waals surface area contributed by atoms with Crippen LogP contribution in [0.4, 0.5) is 0 Å². The lowest BCUT2D eigenvalue weighted by molar-refractivity contribution is -0.118. The summed E-state index contributed by atoms with van der Waals surface area (Å²) in [6.07, 6.45) is 2.18. The molecule has 7 heteroatoms. The Morgan fingerprint density at radius 1 is 1.53 bits per heavy atom. The van der Waals surface area contributed by atoms with Crippen LogP contribution in [0.3, 0.4) is 0 Å². The first-order valence-electron chi connectivity index (χ1n) is 5.71. The fraction of sp³-hybridized carbons (Fsp3) is 0.417. The molecule has 6 nitrogen and oxygen atoms in total. The fourth-order valence-corrected chi connectivity index (χ4v) is 1.98. The van der Waals surface area contributed by atoms with Crippen molar-refractivity contribution >= 4 is 23.6 Å². The standard InChI is InChI=1S/C12H16N2O4S/c1-18-6-2-4-13-10(15)8-19-11-7-9(12(16)17)3-5-14-11/h3,5,7H,2,4,6,8H2,1H3,(H,13,15)(H,16,17). The molecular formula is C12H16N2O4S. The maximum absolute atomic E-state index is 11.5. The second-order valence-electron chi connectivity index (χ2n) is 3.67. The largest absolute Gasteiger partial charge is 0.478 e. The lowest BCUT2D eigenvalue weighted by Crippen LogP contribution is -2.26. The number of aromatic nitrogens is 1. The van der Waals surface area contributed by atoms with Crippen molar-refractivity contribution in [1.29, 1.82) is 0 Å². The Bertz CT molecular complexity index is 439. The molecule has 0 fully saturated rings. The van der Waals surface area contributed by atoms with E-state index in [1.54, 1.807) is 7.11 Å². The van der Waals surface area contributed by atoms with Crippen molar-refractivity contribution < 1.29 is 19.4 Å². The van der Waals surface area contributed by atoms with Gasteiger partial charge < -0.3 is 15.2 Å². The van der Waals surface area contributed by atoms with Gasteiger partial charge in [-0.15, -0.1) is 0 Å². The van der Waals surface area contributed by atoms with Crippen molar-refractivity contribution in [3.63, 3.8) is 0 Å². The Labute approximate surface area is 115 Å². The van der Waals surface area contributed by atoms with Gasteiger partial charge in [-0.25, -0.2) is 9.78 Å². The summed E-state index contributed by atoms with van der Waals surface area (Å²) in [4.78, 5) is 26.3. The minimum absolute atomic E-state index is 0.108. The summed E-state index contributed by atoms with van der Waals surface area (Å²) in [7, 11) is 1.61. The predicted octanol–water partition coefficient (Wildman–Crippen LogP) is 1.02. The van der Waals surface area contributed by atoms with Crippen LogP contribution in [0.2, 0.25) is 0 Å². The smallest absolute Gasteiger partial charge is 0.335 e. The number of carbonyl (C=O) groups excluding carboxylic acids is 1. The Morgan fingerprint density at radius 3 is 3.00 bits per heavy atom. The molecule has 0 unspecified atom stereocenters. The number of nitrogens with one attached hydrogen (secondary N) is 1. The van der Waals surface area contributed by atoms with E-state index in [9.17, 15) is 9.59 Å². The zero-order chi connectivity index (χ0) is 14.1. The summed E-state index contributed by atoms with van der Waals surface area (Å²) in [6.45, 7) is 1.17. The highest BCUT2D eigenvalue weighted by Crippen LogP contribution is 2.15. The molecule has 1 rings (SSSR count). The Balaban J connectivity index is 2.33. The van der Waals surface area contributed by atoms with Gasteiger partial charge in [0.1, 0.15) is 0 Å². The minimum Gasteiger partial charge on any atom is -0.478 e. The van der Waals surface area contributed by atoms with Crippen LogP contribution in [0.25, 0.3) is 0 Å². The molecule has 2 N–H and O–H groups in total. The molecule has 0 saturated carbocycles. The van der Waals surface area contributed by atoms with Crippen LogP contribution in [0.1, 0.15) is 16.8 Å². The molecule has 19 heavy (non-hydrogen) atoms. The third-order valence-corrected chi connectivity index (χ3v) is 3.11. The Morgan fingerprint density at radius 2 is 2.32 bits per heavy atom. The number of thioether (sulfide) groups is 1. The van der Waals surface area contributed by atoms with E-state index in [0.717, 1.165) is 6.42 Å². The highest BCUT2D eigenvalue weighted by molar-refractivity contribution is 7.99. The van der Waals surface area contributed by atoms with E-state index in [-0.39, 0.29) is 17.2 Å². The van der Waals surface area contributed by atoms with Crippen molar-refractivity contribution in [1.82, 2.24) is 10.3 Å². The number of carbonyl (C=O) groups is 2. The summed E-state index contributed by atoms with van der Waals surface area (Å²) in [5.41, 5.74) is 0.165. The number of amides is 1. The molecule has 1 amide bonds. The van der Waals surface area contributed by atoms with Crippen molar-refractivity contribution in [3.8, 4) is 0 Å². The van der Waals surface area contributed by atoms with Gasteiger partial charge in [0.15, 0.2) is 0 Å². The molecular weight excluding hydrogens is 268 g/mol. The monoisotopic (exact) mass is 284 g/mol.